The number of hydrogen-bond donors (Lipinski definition) is 1. The predicted molar refractivity (Wildman–Crippen MR) is 91.6 cm³/mol. The monoisotopic (exact) mass is 359 g/mol. The van der Waals surface area contributed by atoms with E-state index in [1.807, 2.05) is 4.68 Å². The van der Waals surface area contributed by atoms with Gasteiger partial charge in [-0.2, -0.15) is 0 Å². The molecule has 2 aromatic rings. The number of nitrogens with zero attached hydrogens (tertiary/aromatic N) is 4. The van der Waals surface area contributed by atoms with Gasteiger partial charge in [0.25, 0.3) is 0 Å². The molecule has 138 valence electrons. The largest absolute Gasteiger partial charge is 0.370 e. The first kappa shape index (κ1) is 17.1. The molecule has 2 aliphatic rings. The Morgan fingerprint density at radius 3 is 3.15 bits per heavy atom. The molecule has 0 aliphatic carbocycles. The second-order valence-electron chi connectivity index (χ2n) is 6.79. The number of ether oxygens (including phenoxy) is 1. The highest BCUT2D eigenvalue weighted by molar-refractivity contribution is 5.76. The highest BCUT2D eigenvalue weighted by Gasteiger charge is 2.36. The molecule has 7 nitrogen and oxygen atoms in total. The first-order chi connectivity index (χ1) is 12.7. The average molecular weight is 359 g/mol. The SMILES string of the molecule is O=C(CCN1CC[C@@H]2OCc3cnnn3[C@@H]2C1)NCc1ccccc1F. The van der Waals surface area contributed by atoms with Crippen LogP contribution >= 0.6 is 0 Å². The molecule has 2 atom stereocenters. The van der Waals surface area contributed by atoms with Crippen molar-refractivity contribution in [3.8, 4) is 0 Å². The van der Waals surface area contributed by atoms with Crippen molar-refractivity contribution in [2.75, 3.05) is 19.6 Å². The molecule has 0 radical (unpaired) electrons. The number of carbonyl (C=O) groups is 1. The van der Waals surface area contributed by atoms with Crippen LogP contribution in [0.4, 0.5) is 4.39 Å². The fraction of sp³-hybridized carbons (Fsp3) is 0.500. The van der Waals surface area contributed by atoms with Gasteiger partial charge >= 0.3 is 0 Å². The van der Waals surface area contributed by atoms with E-state index in [2.05, 4.69) is 20.5 Å². The molecule has 0 saturated carbocycles. The Morgan fingerprint density at radius 2 is 2.27 bits per heavy atom. The molecule has 1 saturated heterocycles. The van der Waals surface area contributed by atoms with E-state index in [1.165, 1.54) is 6.07 Å². The molecule has 1 fully saturated rings. The number of aromatic nitrogens is 3. The fourth-order valence-electron chi connectivity index (χ4n) is 3.63. The first-order valence-electron chi connectivity index (χ1n) is 8.94. The summed E-state index contributed by atoms with van der Waals surface area (Å²) in [5.74, 6) is -0.368. The van der Waals surface area contributed by atoms with Crippen LogP contribution in [0.25, 0.3) is 0 Å². The zero-order valence-electron chi connectivity index (χ0n) is 14.5. The topological polar surface area (TPSA) is 72.3 Å². The second kappa shape index (κ2) is 7.51. The molecule has 3 heterocycles. The van der Waals surface area contributed by atoms with E-state index in [1.54, 1.807) is 24.4 Å². The number of carbonyl (C=O) groups excluding carboxylic acids is 1. The average Bonchev–Trinajstić information content (AvgIpc) is 3.15. The van der Waals surface area contributed by atoms with Crippen molar-refractivity contribution >= 4 is 5.91 Å². The van der Waals surface area contributed by atoms with Crippen molar-refractivity contribution in [3.63, 3.8) is 0 Å². The van der Waals surface area contributed by atoms with Gasteiger partial charge in [0.2, 0.25) is 5.91 Å². The van der Waals surface area contributed by atoms with Crippen molar-refractivity contribution in [1.29, 1.82) is 0 Å². The molecule has 8 heteroatoms. The Labute approximate surface area is 151 Å². The van der Waals surface area contributed by atoms with E-state index in [0.29, 0.717) is 25.1 Å². The summed E-state index contributed by atoms with van der Waals surface area (Å²) in [5.41, 5.74) is 1.50. The maximum Gasteiger partial charge on any atom is 0.221 e. The van der Waals surface area contributed by atoms with Crippen LogP contribution in [0, 0.1) is 5.82 Å². The van der Waals surface area contributed by atoms with Crippen LogP contribution in [-0.2, 0) is 22.7 Å². The summed E-state index contributed by atoms with van der Waals surface area (Å²) in [6.07, 6.45) is 3.21. The fourth-order valence-corrected chi connectivity index (χ4v) is 3.63. The van der Waals surface area contributed by atoms with Crippen LogP contribution in [0.15, 0.2) is 30.5 Å². The zero-order chi connectivity index (χ0) is 17.9. The van der Waals surface area contributed by atoms with Gasteiger partial charge in [-0.3, -0.25) is 4.79 Å². The minimum Gasteiger partial charge on any atom is -0.370 e. The molecule has 2 aliphatic heterocycles. The number of fused-ring (bicyclic) bond motifs is 3. The second-order valence-corrected chi connectivity index (χ2v) is 6.79. The third kappa shape index (κ3) is 3.61. The predicted octanol–water partition coefficient (Wildman–Crippen LogP) is 1.27. The summed E-state index contributed by atoms with van der Waals surface area (Å²) in [6, 6.07) is 6.63. The maximum absolute atomic E-state index is 13.6. The Hall–Kier alpha value is -2.32. The molecular weight excluding hydrogens is 337 g/mol. The van der Waals surface area contributed by atoms with Crippen LogP contribution in [0.3, 0.4) is 0 Å². The molecular formula is C18H22FN5O2. The number of likely N-dealkylation sites (tertiary alicyclic amines) is 1. The van der Waals surface area contributed by atoms with Gasteiger partial charge in [0.15, 0.2) is 0 Å². The lowest BCUT2D eigenvalue weighted by molar-refractivity contribution is -0.122. The van der Waals surface area contributed by atoms with Gasteiger partial charge < -0.3 is 15.0 Å². The maximum atomic E-state index is 13.6. The number of rotatable bonds is 5. The summed E-state index contributed by atoms with van der Waals surface area (Å²) in [4.78, 5) is 14.4. The van der Waals surface area contributed by atoms with E-state index in [0.717, 1.165) is 25.2 Å². The number of amides is 1. The van der Waals surface area contributed by atoms with Crippen LogP contribution in [0.1, 0.15) is 30.1 Å². The molecule has 0 unspecified atom stereocenters. The van der Waals surface area contributed by atoms with Gasteiger partial charge in [-0.1, -0.05) is 23.4 Å². The van der Waals surface area contributed by atoms with Gasteiger partial charge in [-0.25, -0.2) is 9.07 Å². The van der Waals surface area contributed by atoms with Crippen LogP contribution < -0.4 is 5.32 Å². The lowest BCUT2D eigenvalue weighted by Gasteiger charge is -2.40. The van der Waals surface area contributed by atoms with Crippen LogP contribution in [0.5, 0.6) is 0 Å². The zero-order valence-corrected chi connectivity index (χ0v) is 14.5. The molecule has 1 N–H and O–H groups in total. The van der Waals surface area contributed by atoms with Crippen molar-refractivity contribution in [3.05, 3.63) is 47.5 Å². The Morgan fingerprint density at radius 1 is 1.38 bits per heavy atom. The van der Waals surface area contributed by atoms with Crippen LogP contribution in [0.2, 0.25) is 0 Å². The third-order valence-corrected chi connectivity index (χ3v) is 5.10. The van der Waals surface area contributed by atoms with E-state index in [-0.39, 0.29) is 30.4 Å². The molecule has 1 aromatic carbocycles. The Bertz CT molecular complexity index is 780. The van der Waals surface area contributed by atoms with Crippen molar-refractivity contribution < 1.29 is 13.9 Å². The summed E-state index contributed by atoms with van der Waals surface area (Å²) in [7, 11) is 0. The number of piperidine rings is 1. The molecule has 0 bridgehead atoms. The Kier molecular flexibility index (Phi) is 4.94. The van der Waals surface area contributed by atoms with E-state index in [4.69, 9.17) is 4.74 Å². The lowest BCUT2D eigenvalue weighted by atomic mass is 10.0. The highest BCUT2D eigenvalue weighted by atomic mass is 19.1. The lowest BCUT2D eigenvalue weighted by Crippen LogP contribution is -2.48. The number of nitrogens with one attached hydrogen (secondary N) is 1. The molecule has 4 rings (SSSR count). The summed E-state index contributed by atoms with van der Waals surface area (Å²) >= 11 is 0. The summed E-state index contributed by atoms with van der Waals surface area (Å²) < 4.78 is 21.4. The van der Waals surface area contributed by atoms with Crippen LogP contribution in [-0.4, -0.2) is 51.5 Å². The quantitative estimate of drug-likeness (QED) is 0.870. The third-order valence-electron chi connectivity index (χ3n) is 5.10. The van der Waals surface area contributed by atoms with E-state index in [9.17, 15) is 9.18 Å². The summed E-state index contributed by atoms with van der Waals surface area (Å²) in [6.45, 7) is 3.13. The van der Waals surface area contributed by atoms with E-state index >= 15 is 0 Å². The standard InChI is InChI=1S/C18H22FN5O2/c19-15-4-2-1-3-13(15)9-20-18(25)6-8-23-7-5-17-16(11-23)24-14(12-26-17)10-21-22-24/h1-4,10,16-17H,5-9,11-12H2,(H,20,25)/t16-,17+/m1/s1. The van der Waals surface area contributed by atoms with Gasteiger partial charge in [0, 0.05) is 38.2 Å². The van der Waals surface area contributed by atoms with Crippen molar-refractivity contribution in [2.45, 2.75) is 38.1 Å². The van der Waals surface area contributed by atoms with Gasteiger partial charge in [-0.05, 0) is 12.5 Å². The van der Waals surface area contributed by atoms with Gasteiger partial charge in [-0.15, -0.1) is 5.10 Å². The normalized spacial score (nSPS) is 22.5. The summed E-state index contributed by atoms with van der Waals surface area (Å²) in [5, 5.41) is 11.0. The van der Waals surface area contributed by atoms with Gasteiger partial charge in [0.05, 0.1) is 30.6 Å². The van der Waals surface area contributed by atoms with E-state index < -0.39 is 0 Å². The minimum atomic E-state index is -0.296. The molecule has 0 spiro atoms. The minimum absolute atomic E-state index is 0.0725. The van der Waals surface area contributed by atoms with Gasteiger partial charge in [0.1, 0.15) is 5.82 Å². The Balaban J connectivity index is 1.26. The molecule has 1 aromatic heterocycles. The van der Waals surface area contributed by atoms with Crippen molar-refractivity contribution in [2.24, 2.45) is 0 Å². The molecule has 1 amide bonds. The number of benzene rings is 1. The first-order valence-corrected chi connectivity index (χ1v) is 8.94. The smallest absolute Gasteiger partial charge is 0.221 e. The van der Waals surface area contributed by atoms with Crippen molar-refractivity contribution in [1.82, 2.24) is 25.2 Å². The number of hydrogen-bond acceptors (Lipinski definition) is 5. The molecule has 26 heavy (non-hydrogen) atoms. The number of halogens is 1. The highest BCUT2D eigenvalue weighted by Crippen LogP contribution is 2.29.